The standard InChI is InChI=1S/C18H23N3O3S/c1-5-14(3)20-18(22)15-10-16(12-19-11-15)21(4)25(23,24)17-8-6-13(2)7-9-17/h6-12,14H,5H2,1-4H3,(H,20,22)/t14-/m1/s1. The highest BCUT2D eigenvalue weighted by molar-refractivity contribution is 7.92. The smallest absolute Gasteiger partial charge is 0.264 e. The van der Waals surface area contributed by atoms with Crippen LogP contribution >= 0.6 is 0 Å². The van der Waals surface area contributed by atoms with E-state index in [0.717, 1.165) is 16.3 Å². The van der Waals surface area contributed by atoms with E-state index < -0.39 is 10.0 Å². The van der Waals surface area contributed by atoms with E-state index in [1.165, 1.54) is 25.5 Å². The molecule has 1 amide bonds. The zero-order chi connectivity index (χ0) is 18.6. The number of nitrogens with zero attached hydrogens (tertiary/aromatic N) is 2. The van der Waals surface area contributed by atoms with Crippen LogP contribution in [0.4, 0.5) is 5.69 Å². The van der Waals surface area contributed by atoms with Gasteiger partial charge in [-0.25, -0.2) is 8.42 Å². The largest absolute Gasteiger partial charge is 0.350 e. The number of aromatic nitrogens is 1. The fourth-order valence-electron chi connectivity index (χ4n) is 2.14. The van der Waals surface area contributed by atoms with Gasteiger partial charge in [-0.3, -0.25) is 14.1 Å². The summed E-state index contributed by atoms with van der Waals surface area (Å²) in [5.74, 6) is -0.273. The van der Waals surface area contributed by atoms with Crippen molar-refractivity contribution in [1.29, 1.82) is 0 Å². The third-order valence-electron chi connectivity index (χ3n) is 4.02. The SMILES string of the molecule is CC[C@@H](C)NC(=O)c1cncc(N(C)S(=O)(=O)c2ccc(C)cc2)c1. The Labute approximate surface area is 148 Å². The Balaban J connectivity index is 2.30. The van der Waals surface area contributed by atoms with Gasteiger partial charge in [0, 0.05) is 19.3 Å². The molecule has 1 aromatic carbocycles. The minimum absolute atomic E-state index is 0.0326. The Morgan fingerprint density at radius 3 is 2.48 bits per heavy atom. The molecule has 0 unspecified atom stereocenters. The van der Waals surface area contributed by atoms with Crippen molar-refractivity contribution in [3.05, 3.63) is 53.9 Å². The Kier molecular flexibility index (Phi) is 5.79. The molecule has 0 spiro atoms. The van der Waals surface area contributed by atoms with Crippen LogP contribution in [0, 0.1) is 6.92 Å². The van der Waals surface area contributed by atoms with Gasteiger partial charge in [-0.05, 0) is 38.5 Å². The molecular weight excluding hydrogens is 338 g/mol. The summed E-state index contributed by atoms with van der Waals surface area (Å²) in [5, 5.41) is 2.84. The van der Waals surface area contributed by atoms with Gasteiger partial charge in [-0.1, -0.05) is 24.6 Å². The monoisotopic (exact) mass is 361 g/mol. The quantitative estimate of drug-likeness (QED) is 0.858. The molecular formula is C18H23N3O3S. The molecule has 25 heavy (non-hydrogen) atoms. The molecule has 0 saturated carbocycles. The molecule has 0 radical (unpaired) electrons. The van der Waals surface area contributed by atoms with Crippen molar-refractivity contribution >= 4 is 21.6 Å². The maximum atomic E-state index is 12.7. The summed E-state index contributed by atoms with van der Waals surface area (Å²) in [6, 6.07) is 8.17. The number of benzene rings is 1. The summed E-state index contributed by atoms with van der Waals surface area (Å²) >= 11 is 0. The topological polar surface area (TPSA) is 79.4 Å². The maximum absolute atomic E-state index is 12.7. The average Bonchev–Trinajstić information content (AvgIpc) is 2.61. The summed E-state index contributed by atoms with van der Waals surface area (Å²) in [7, 11) is -2.27. The van der Waals surface area contributed by atoms with E-state index in [-0.39, 0.29) is 16.8 Å². The lowest BCUT2D eigenvalue weighted by Gasteiger charge is -2.20. The number of anilines is 1. The number of rotatable bonds is 6. The highest BCUT2D eigenvalue weighted by Gasteiger charge is 2.22. The van der Waals surface area contributed by atoms with Gasteiger partial charge in [0.25, 0.3) is 15.9 Å². The predicted molar refractivity (Wildman–Crippen MR) is 98.2 cm³/mol. The van der Waals surface area contributed by atoms with Crippen molar-refractivity contribution < 1.29 is 13.2 Å². The Bertz CT molecular complexity index is 848. The van der Waals surface area contributed by atoms with Crippen LogP contribution in [0.1, 0.15) is 36.2 Å². The van der Waals surface area contributed by atoms with Crippen LogP contribution in [0.5, 0.6) is 0 Å². The number of pyridine rings is 1. The number of hydrogen-bond acceptors (Lipinski definition) is 4. The average molecular weight is 361 g/mol. The van der Waals surface area contributed by atoms with Crippen LogP contribution in [0.2, 0.25) is 0 Å². The Morgan fingerprint density at radius 1 is 1.24 bits per heavy atom. The van der Waals surface area contributed by atoms with Gasteiger partial charge in [0.05, 0.1) is 22.3 Å². The van der Waals surface area contributed by atoms with Crippen LogP contribution in [-0.2, 0) is 10.0 Å². The second-order valence-electron chi connectivity index (χ2n) is 6.00. The van der Waals surface area contributed by atoms with Gasteiger partial charge in [0.15, 0.2) is 0 Å². The van der Waals surface area contributed by atoms with E-state index >= 15 is 0 Å². The van der Waals surface area contributed by atoms with E-state index in [1.54, 1.807) is 24.3 Å². The number of nitrogens with one attached hydrogen (secondary N) is 1. The highest BCUT2D eigenvalue weighted by Crippen LogP contribution is 2.22. The zero-order valence-electron chi connectivity index (χ0n) is 14.9. The first-order chi connectivity index (χ1) is 11.8. The Hall–Kier alpha value is -2.41. The number of amides is 1. The molecule has 0 fully saturated rings. The van der Waals surface area contributed by atoms with E-state index in [1.807, 2.05) is 20.8 Å². The summed E-state index contributed by atoms with van der Waals surface area (Å²) in [5.41, 5.74) is 1.63. The third-order valence-corrected chi connectivity index (χ3v) is 5.82. The molecule has 7 heteroatoms. The fraction of sp³-hybridized carbons (Fsp3) is 0.333. The molecule has 2 rings (SSSR count). The van der Waals surface area contributed by atoms with Crippen LogP contribution in [0.3, 0.4) is 0 Å². The molecule has 1 N–H and O–H groups in total. The summed E-state index contributed by atoms with van der Waals surface area (Å²) in [4.78, 5) is 16.4. The van der Waals surface area contributed by atoms with E-state index in [4.69, 9.17) is 0 Å². The maximum Gasteiger partial charge on any atom is 0.264 e. The molecule has 1 heterocycles. The number of aryl methyl sites for hydroxylation is 1. The number of sulfonamides is 1. The second kappa shape index (κ2) is 7.65. The molecule has 0 aliphatic carbocycles. The van der Waals surface area contributed by atoms with E-state index in [0.29, 0.717) is 11.3 Å². The first-order valence-corrected chi connectivity index (χ1v) is 9.51. The molecule has 0 bridgehead atoms. The van der Waals surface area contributed by atoms with Crippen molar-refractivity contribution in [2.75, 3.05) is 11.4 Å². The minimum Gasteiger partial charge on any atom is -0.350 e. The predicted octanol–water partition coefficient (Wildman–Crippen LogP) is 2.74. The third kappa shape index (κ3) is 4.36. The lowest BCUT2D eigenvalue weighted by atomic mass is 10.2. The first-order valence-electron chi connectivity index (χ1n) is 8.07. The van der Waals surface area contributed by atoms with Crippen molar-refractivity contribution in [2.45, 2.75) is 38.1 Å². The van der Waals surface area contributed by atoms with Gasteiger partial charge >= 0.3 is 0 Å². The van der Waals surface area contributed by atoms with Crippen LogP contribution in [0.15, 0.2) is 47.6 Å². The molecule has 0 aliphatic rings. The zero-order valence-corrected chi connectivity index (χ0v) is 15.7. The normalized spacial score (nSPS) is 12.5. The van der Waals surface area contributed by atoms with E-state index in [2.05, 4.69) is 10.3 Å². The minimum atomic E-state index is -3.72. The summed E-state index contributed by atoms with van der Waals surface area (Å²) in [6.45, 7) is 5.77. The lowest BCUT2D eigenvalue weighted by Crippen LogP contribution is -2.32. The van der Waals surface area contributed by atoms with Gasteiger partial charge in [0.2, 0.25) is 0 Å². The van der Waals surface area contributed by atoms with Crippen LogP contribution < -0.4 is 9.62 Å². The van der Waals surface area contributed by atoms with Crippen molar-refractivity contribution in [3.63, 3.8) is 0 Å². The van der Waals surface area contributed by atoms with Gasteiger partial charge < -0.3 is 5.32 Å². The van der Waals surface area contributed by atoms with Crippen LogP contribution in [0.25, 0.3) is 0 Å². The first kappa shape index (κ1) is 18.9. The van der Waals surface area contributed by atoms with Crippen molar-refractivity contribution in [2.24, 2.45) is 0 Å². The molecule has 2 aromatic rings. The summed E-state index contributed by atoms with van der Waals surface area (Å²) < 4.78 is 26.6. The Morgan fingerprint density at radius 2 is 1.88 bits per heavy atom. The fourth-order valence-corrected chi connectivity index (χ4v) is 3.31. The number of carbonyl (C=O) groups is 1. The number of hydrogen-bond donors (Lipinski definition) is 1. The highest BCUT2D eigenvalue weighted by atomic mass is 32.2. The molecule has 6 nitrogen and oxygen atoms in total. The van der Waals surface area contributed by atoms with Crippen LogP contribution in [-0.4, -0.2) is 32.4 Å². The second-order valence-corrected chi connectivity index (χ2v) is 7.97. The number of carbonyl (C=O) groups excluding carboxylic acids is 1. The van der Waals surface area contributed by atoms with Gasteiger partial charge in [-0.2, -0.15) is 0 Å². The van der Waals surface area contributed by atoms with Crippen molar-refractivity contribution in [3.8, 4) is 0 Å². The van der Waals surface area contributed by atoms with E-state index in [9.17, 15) is 13.2 Å². The molecule has 0 saturated heterocycles. The van der Waals surface area contributed by atoms with Gasteiger partial charge in [-0.15, -0.1) is 0 Å². The lowest BCUT2D eigenvalue weighted by molar-refractivity contribution is 0.0939. The van der Waals surface area contributed by atoms with Crippen molar-refractivity contribution in [1.82, 2.24) is 10.3 Å². The summed E-state index contributed by atoms with van der Waals surface area (Å²) in [6.07, 6.45) is 3.65. The molecule has 1 atom stereocenters. The molecule has 1 aromatic heterocycles. The molecule has 134 valence electrons. The molecule has 0 aliphatic heterocycles. The van der Waals surface area contributed by atoms with Gasteiger partial charge in [0.1, 0.15) is 0 Å².